The Hall–Kier alpha value is -3.42. The highest BCUT2D eigenvalue weighted by Crippen LogP contribution is 2.31. The minimum absolute atomic E-state index is 0.0712. The summed E-state index contributed by atoms with van der Waals surface area (Å²) in [5.41, 5.74) is 0.0947. The zero-order chi connectivity index (χ0) is 21.3. The Morgan fingerprint density at radius 1 is 1.13 bits per heavy atom. The van der Waals surface area contributed by atoms with Gasteiger partial charge in [0.05, 0.1) is 13.7 Å². The molecule has 2 aromatic carbocycles. The predicted molar refractivity (Wildman–Crippen MR) is 106 cm³/mol. The van der Waals surface area contributed by atoms with Crippen molar-refractivity contribution in [2.45, 2.75) is 24.9 Å². The van der Waals surface area contributed by atoms with Crippen LogP contribution >= 0.6 is 0 Å². The molecule has 8 heteroatoms. The lowest BCUT2D eigenvalue weighted by molar-refractivity contribution is -0.133. The molecule has 2 aliphatic heterocycles. The van der Waals surface area contributed by atoms with E-state index in [1.807, 2.05) is 30.3 Å². The first-order valence-corrected chi connectivity index (χ1v) is 9.74. The van der Waals surface area contributed by atoms with Crippen LogP contribution in [0.1, 0.15) is 28.8 Å². The Bertz CT molecular complexity index is 987. The average Bonchev–Trinajstić information content (AvgIpc) is 2.98. The van der Waals surface area contributed by atoms with Gasteiger partial charge in [-0.25, -0.2) is 9.18 Å². The summed E-state index contributed by atoms with van der Waals surface area (Å²) >= 11 is 0. The molecule has 1 spiro atoms. The summed E-state index contributed by atoms with van der Waals surface area (Å²) in [5.74, 6) is -1.11. The first kappa shape index (κ1) is 19.9. The van der Waals surface area contributed by atoms with Crippen molar-refractivity contribution in [3.63, 3.8) is 0 Å². The summed E-state index contributed by atoms with van der Waals surface area (Å²) in [5, 5.41) is 2.84. The molecule has 30 heavy (non-hydrogen) atoms. The van der Waals surface area contributed by atoms with Gasteiger partial charge in [-0.2, -0.15) is 0 Å². The van der Waals surface area contributed by atoms with Crippen molar-refractivity contribution in [3.05, 3.63) is 65.5 Å². The van der Waals surface area contributed by atoms with Crippen molar-refractivity contribution in [1.82, 2.24) is 15.1 Å². The molecule has 0 unspecified atom stereocenters. The molecule has 0 aromatic heterocycles. The SMILES string of the molecule is COc1ccc(C(=O)N2CCC3(CC2)NC(=O)N(Cc2ccccc2)C3=O)cc1F. The third-order valence-corrected chi connectivity index (χ3v) is 5.73. The normalized spacial score (nSPS) is 17.9. The molecule has 2 heterocycles. The fourth-order valence-corrected chi connectivity index (χ4v) is 4.00. The van der Waals surface area contributed by atoms with Gasteiger partial charge in [0.2, 0.25) is 0 Å². The largest absolute Gasteiger partial charge is 0.494 e. The highest BCUT2D eigenvalue weighted by Gasteiger charge is 2.52. The monoisotopic (exact) mass is 411 g/mol. The molecular formula is C22H22FN3O4. The molecule has 2 saturated heterocycles. The number of carbonyl (C=O) groups is 3. The first-order chi connectivity index (χ1) is 14.4. The molecule has 156 valence electrons. The molecule has 2 aromatic rings. The average molecular weight is 411 g/mol. The highest BCUT2D eigenvalue weighted by atomic mass is 19.1. The van der Waals surface area contributed by atoms with E-state index in [1.165, 1.54) is 24.1 Å². The van der Waals surface area contributed by atoms with Crippen molar-refractivity contribution < 1.29 is 23.5 Å². The predicted octanol–water partition coefficient (Wildman–Crippen LogP) is 2.56. The molecule has 2 aliphatic rings. The summed E-state index contributed by atoms with van der Waals surface area (Å²) < 4.78 is 18.8. The maximum Gasteiger partial charge on any atom is 0.325 e. The van der Waals surface area contributed by atoms with E-state index < -0.39 is 17.4 Å². The molecular weight excluding hydrogens is 389 g/mol. The molecule has 0 bridgehead atoms. The Kier molecular flexibility index (Phi) is 5.15. The van der Waals surface area contributed by atoms with E-state index in [9.17, 15) is 18.8 Å². The lowest BCUT2D eigenvalue weighted by Crippen LogP contribution is -2.55. The number of nitrogens with one attached hydrogen (secondary N) is 1. The lowest BCUT2D eigenvalue weighted by atomic mass is 9.87. The number of likely N-dealkylation sites (tertiary alicyclic amines) is 1. The Morgan fingerprint density at radius 3 is 2.47 bits per heavy atom. The molecule has 4 amide bonds. The smallest absolute Gasteiger partial charge is 0.325 e. The third-order valence-electron chi connectivity index (χ3n) is 5.73. The molecule has 0 radical (unpaired) electrons. The van der Waals surface area contributed by atoms with Gasteiger partial charge in [-0.05, 0) is 36.6 Å². The van der Waals surface area contributed by atoms with Crippen LogP contribution in [0.5, 0.6) is 5.75 Å². The summed E-state index contributed by atoms with van der Waals surface area (Å²) in [4.78, 5) is 41.0. The van der Waals surface area contributed by atoms with Gasteiger partial charge in [-0.15, -0.1) is 0 Å². The van der Waals surface area contributed by atoms with Crippen LogP contribution in [0.25, 0.3) is 0 Å². The quantitative estimate of drug-likeness (QED) is 0.785. The summed E-state index contributed by atoms with van der Waals surface area (Å²) in [7, 11) is 1.36. The number of nitrogens with zero attached hydrogens (tertiary/aromatic N) is 2. The second-order valence-electron chi connectivity index (χ2n) is 7.53. The summed E-state index contributed by atoms with van der Waals surface area (Å²) in [6.07, 6.45) is 0.625. The number of hydrogen-bond acceptors (Lipinski definition) is 4. The van der Waals surface area contributed by atoms with Crippen LogP contribution in [-0.4, -0.2) is 53.4 Å². The van der Waals surface area contributed by atoms with Crippen LogP contribution in [0.3, 0.4) is 0 Å². The number of hydrogen-bond donors (Lipinski definition) is 1. The first-order valence-electron chi connectivity index (χ1n) is 9.74. The molecule has 0 aliphatic carbocycles. The van der Waals surface area contributed by atoms with Gasteiger partial charge in [0.15, 0.2) is 11.6 Å². The van der Waals surface area contributed by atoms with Crippen molar-refractivity contribution in [2.75, 3.05) is 20.2 Å². The van der Waals surface area contributed by atoms with Crippen LogP contribution in [0.2, 0.25) is 0 Å². The minimum atomic E-state index is -0.992. The summed E-state index contributed by atoms with van der Waals surface area (Å²) in [6, 6.07) is 13.0. The number of carbonyl (C=O) groups excluding carboxylic acids is 3. The fraction of sp³-hybridized carbons (Fsp3) is 0.318. The van der Waals surface area contributed by atoms with Crippen molar-refractivity contribution in [2.24, 2.45) is 0 Å². The van der Waals surface area contributed by atoms with E-state index in [0.717, 1.165) is 11.6 Å². The maximum atomic E-state index is 13.9. The van der Waals surface area contributed by atoms with E-state index in [-0.39, 0.29) is 42.8 Å². The zero-order valence-corrected chi connectivity index (χ0v) is 16.6. The van der Waals surface area contributed by atoms with E-state index in [4.69, 9.17) is 4.74 Å². The summed E-state index contributed by atoms with van der Waals surface area (Å²) in [6.45, 7) is 0.788. The number of methoxy groups -OCH3 is 1. The number of imide groups is 1. The second-order valence-corrected chi connectivity index (χ2v) is 7.53. The van der Waals surface area contributed by atoms with Crippen LogP contribution in [-0.2, 0) is 11.3 Å². The van der Waals surface area contributed by atoms with Crippen molar-refractivity contribution in [1.29, 1.82) is 0 Å². The van der Waals surface area contributed by atoms with Gasteiger partial charge in [0.25, 0.3) is 11.8 Å². The van der Waals surface area contributed by atoms with Gasteiger partial charge in [-0.3, -0.25) is 14.5 Å². The van der Waals surface area contributed by atoms with Crippen LogP contribution < -0.4 is 10.1 Å². The number of amides is 4. The fourth-order valence-electron chi connectivity index (χ4n) is 4.00. The molecule has 0 saturated carbocycles. The number of urea groups is 1. The lowest BCUT2D eigenvalue weighted by Gasteiger charge is -2.37. The standard InChI is InChI=1S/C22H22FN3O4/c1-30-18-8-7-16(13-17(18)23)19(27)25-11-9-22(10-12-25)20(28)26(21(29)24-22)14-15-5-3-2-4-6-15/h2-8,13H,9-12,14H2,1H3,(H,24,29). The van der Waals surface area contributed by atoms with Crippen molar-refractivity contribution in [3.8, 4) is 5.75 Å². The van der Waals surface area contributed by atoms with Crippen LogP contribution in [0.15, 0.2) is 48.5 Å². The minimum Gasteiger partial charge on any atom is -0.494 e. The topological polar surface area (TPSA) is 79.0 Å². The second kappa shape index (κ2) is 7.78. The Balaban J connectivity index is 1.43. The number of ether oxygens (including phenoxy) is 1. The van der Waals surface area contributed by atoms with Gasteiger partial charge in [0, 0.05) is 18.7 Å². The third kappa shape index (κ3) is 3.49. The molecule has 7 nitrogen and oxygen atoms in total. The van der Waals surface area contributed by atoms with Crippen molar-refractivity contribution >= 4 is 17.8 Å². The number of benzene rings is 2. The Morgan fingerprint density at radius 2 is 1.83 bits per heavy atom. The molecule has 0 atom stereocenters. The Labute approximate surface area is 173 Å². The van der Waals surface area contributed by atoms with Crippen LogP contribution in [0, 0.1) is 5.82 Å². The van der Waals surface area contributed by atoms with Gasteiger partial charge in [0.1, 0.15) is 5.54 Å². The molecule has 1 N–H and O–H groups in total. The van der Waals surface area contributed by atoms with Gasteiger partial charge >= 0.3 is 6.03 Å². The van der Waals surface area contributed by atoms with E-state index >= 15 is 0 Å². The number of halogens is 1. The molecule has 2 fully saturated rings. The van der Waals surface area contributed by atoms with Gasteiger partial charge < -0.3 is 15.0 Å². The molecule has 4 rings (SSSR count). The number of rotatable bonds is 4. The van der Waals surface area contributed by atoms with Crippen LogP contribution in [0.4, 0.5) is 9.18 Å². The van der Waals surface area contributed by atoms with Gasteiger partial charge in [-0.1, -0.05) is 30.3 Å². The zero-order valence-electron chi connectivity index (χ0n) is 16.6. The van der Waals surface area contributed by atoms with E-state index in [0.29, 0.717) is 12.8 Å². The van der Waals surface area contributed by atoms with E-state index in [2.05, 4.69) is 5.32 Å². The highest BCUT2D eigenvalue weighted by molar-refractivity contribution is 6.07. The number of piperidine rings is 1. The maximum absolute atomic E-state index is 13.9. The van der Waals surface area contributed by atoms with E-state index in [1.54, 1.807) is 4.90 Å².